The summed E-state index contributed by atoms with van der Waals surface area (Å²) in [5, 5.41) is 0. The van der Waals surface area contributed by atoms with Gasteiger partial charge in [0.2, 0.25) is 0 Å². The molecule has 0 aromatic heterocycles. The number of hydrogen-bond acceptors (Lipinski definition) is 2. The lowest BCUT2D eigenvalue weighted by Gasteiger charge is -2.14. The van der Waals surface area contributed by atoms with E-state index in [1.807, 2.05) is 32.0 Å². The van der Waals surface area contributed by atoms with Gasteiger partial charge in [-0.1, -0.05) is 24.3 Å². The van der Waals surface area contributed by atoms with Crippen molar-refractivity contribution in [3.63, 3.8) is 0 Å². The van der Waals surface area contributed by atoms with Crippen molar-refractivity contribution in [2.24, 2.45) is 5.73 Å². The summed E-state index contributed by atoms with van der Waals surface area (Å²) in [6.07, 6.45) is 3.26. The van der Waals surface area contributed by atoms with E-state index in [1.54, 1.807) is 0 Å². The summed E-state index contributed by atoms with van der Waals surface area (Å²) in [6.45, 7) is 6.86. The van der Waals surface area contributed by atoms with Crippen molar-refractivity contribution < 1.29 is 4.74 Å². The second-order valence-electron chi connectivity index (χ2n) is 4.13. The predicted molar refractivity (Wildman–Crippen MR) is 69.5 cm³/mol. The number of benzene rings is 1. The minimum atomic E-state index is 0.198. The Hall–Kier alpha value is -1.28. The molecule has 0 saturated carbocycles. The fraction of sp³-hybridized carbons (Fsp3) is 0.429. The number of rotatable bonds is 5. The molecule has 0 radical (unpaired) electrons. The maximum absolute atomic E-state index is 5.77. The van der Waals surface area contributed by atoms with Gasteiger partial charge in [-0.15, -0.1) is 0 Å². The van der Waals surface area contributed by atoms with Crippen LogP contribution in [0.4, 0.5) is 0 Å². The second-order valence-corrected chi connectivity index (χ2v) is 4.13. The first-order valence-corrected chi connectivity index (χ1v) is 5.78. The van der Waals surface area contributed by atoms with Crippen LogP contribution >= 0.6 is 0 Å². The highest BCUT2D eigenvalue weighted by Crippen LogP contribution is 2.26. The maximum atomic E-state index is 5.77. The predicted octanol–water partition coefficient (Wildman–Crippen LogP) is 3.23. The average Bonchev–Trinajstić information content (AvgIpc) is 2.26. The third-order valence-corrected chi connectivity index (χ3v) is 2.29. The molecule has 1 rings (SSSR count). The van der Waals surface area contributed by atoms with Gasteiger partial charge < -0.3 is 10.5 Å². The van der Waals surface area contributed by atoms with Crippen molar-refractivity contribution in [3.05, 3.63) is 35.9 Å². The van der Waals surface area contributed by atoms with Gasteiger partial charge in [-0.3, -0.25) is 0 Å². The Bertz CT molecular complexity index is 356. The molecule has 1 aromatic carbocycles. The molecule has 0 atom stereocenters. The lowest BCUT2D eigenvalue weighted by Crippen LogP contribution is -2.07. The summed E-state index contributed by atoms with van der Waals surface area (Å²) < 4.78 is 5.77. The summed E-state index contributed by atoms with van der Waals surface area (Å²) in [6, 6.07) is 8.12. The van der Waals surface area contributed by atoms with Gasteiger partial charge in [0, 0.05) is 5.56 Å². The van der Waals surface area contributed by atoms with Crippen molar-refractivity contribution in [2.45, 2.75) is 33.3 Å². The lowest BCUT2D eigenvalue weighted by molar-refractivity contribution is 0.242. The monoisotopic (exact) mass is 219 g/mol. The van der Waals surface area contributed by atoms with Gasteiger partial charge in [0.25, 0.3) is 0 Å². The zero-order valence-corrected chi connectivity index (χ0v) is 10.4. The van der Waals surface area contributed by atoms with Gasteiger partial charge in [-0.2, -0.15) is 0 Å². The van der Waals surface area contributed by atoms with E-state index in [1.165, 1.54) is 5.57 Å². The van der Waals surface area contributed by atoms with Crippen LogP contribution in [0.3, 0.4) is 0 Å². The van der Waals surface area contributed by atoms with Crippen molar-refractivity contribution in [1.29, 1.82) is 0 Å². The van der Waals surface area contributed by atoms with Gasteiger partial charge in [0.1, 0.15) is 5.75 Å². The highest BCUT2D eigenvalue weighted by molar-refractivity contribution is 5.68. The van der Waals surface area contributed by atoms with Crippen LogP contribution in [0.25, 0.3) is 5.57 Å². The Morgan fingerprint density at radius 2 is 2.06 bits per heavy atom. The molecule has 0 amide bonds. The SMILES string of the molecule is CC(=CCCN)c1ccccc1OC(C)C. The van der Waals surface area contributed by atoms with Crippen LogP contribution in [0.1, 0.15) is 32.8 Å². The molecule has 16 heavy (non-hydrogen) atoms. The van der Waals surface area contributed by atoms with Crippen molar-refractivity contribution in [2.75, 3.05) is 6.54 Å². The third kappa shape index (κ3) is 3.70. The van der Waals surface area contributed by atoms with Crippen LogP contribution in [0.15, 0.2) is 30.3 Å². The lowest BCUT2D eigenvalue weighted by atomic mass is 10.1. The number of hydrogen-bond donors (Lipinski definition) is 1. The number of nitrogens with two attached hydrogens (primary N) is 1. The van der Waals surface area contributed by atoms with E-state index in [2.05, 4.69) is 19.1 Å². The molecular formula is C14H21NO. The van der Waals surface area contributed by atoms with Crippen molar-refractivity contribution in [3.8, 4) is 5.75 Å². The maximum Gasteiger partial charge on any atom is 0.127 e. The Balaban J connectivity index is 2.93. The van der Waals surface area contributed by atoms with Crippen LogP contribution in [0.5, 0.6) is 5.75 Å². The van der Waals surface area contributed by atoms with Crippen LogP contribution in [0, 0.1) is 0 Å². The summed E-state index contributed by atoms with van der Waals surface area (Å²) in [7, 11) is 0. The Kier molecular flexibility index (Phi) is 5.06. The van der Waals surface area contributed by atoms with E-state index < -0.39 is 0 Å². The molecule has 88 valence electrons. The molecule has 1 aromatic rings. The first-order valence-electron chi connectivity index (χ1n) is 5.78. The largest absolute Gasteiger partial charge is 0.490 e. The summed E-state index contributed by atoms with van der Waals surface area (Å²) in [5.41, 5.74) is 7.88. The van der Waals surface area contributed by atoms with E-state index in [-0.39, 0.29) is 6.10 Å². The molecule has 2 heteroatoms. The Morgan fingerprint density at radius 3 is 2.69 bits per heavy atom. The minimum Gasteiger partial charge on any atom is -0.490 e. The molecule has 2 nitrogen and oxygen atoms in total. The standard InChI is InChI=1S/C14H21NO/c1-11(2)16-14-9-5-4-8-13(14)12(3)7-6-10-15/h4-5,7-9,11H,6,10,15H2,1-3H3. The van der Waals surface area contributed by atoms with Gasteiger partial charge in [0.05, 0.1) is 6.10 Å². The molecule has 0 saturated heterocycles. The fourth-order valence-electron chi connectivity index (χ4n) is 1.56. The highest BCUT2D eigenvalue weighted by atomic mass is 16.5. The molecule has 0 unspecified atom stereocenters. The summed E-state index contributed by atoms with van der Waals surface area (Å²) in [5.74, 6) is 0.947. The zero-order chi connectivity index (χ0) is 12.0. The van der Waals surface area contributed by atoms with Gasteiger partial charge in [0.15, 0.2) is 0 Å². The molecule has 0 spiro atoms. The normalized spacial score (nSPS) is 11.9. The quantitative estimate of drug-likeness (QED) is 0.825. The molecule has 0 bridgehead atoms. The average molecular weight is 219 g/mol. The number of allylic oxidation sites excluding steroid dienone is 1. The van der Waals surface area contributed by atoms with Gasteiger partial charge >= 0.3 is 0 Å². The van der Waals surface area contributed by atoms with E-state index in [4.69, 9.17) is 10.5 Å². The van der Waals surface area contributed by atoms with Crippen LogP contribution in [0.2, 0.25) is 0 Å². The molecule has 0 aliphatic carbocycles. The molecule has 0 heterocycles. The first-order chi connectivity index (χ1) is 7.65. The van der Waals surface area contributed by atoms with Crippen LogP contribution < -0.4 is 10.5 Å². The first kappa shape index (κ1) is 12.8. The van der Waals surface area contributed by atoms with Gasteiger partial charge in [-0.05, 0) is 45.4 Å². The van der Waals surface area contributed by atoms with Crippen molar-refractivity contribution in [1.82, 2.24) is 0 Å². The topological polar surface area (TPSA) is 35.2 Å². The minimum absolute atomic E-state index is 0.198. The summed E-state index contributed by atoms with van der Waals surface area (Å²) >= 11 is 0. The Labute approximate surface area is 98.1 Å². The van der Waals surface area contributed by atoms with Crippen molar-refractivity contribution >= 4 is 5.57 Å². The van der Waals surface area contributed by atoms with E-state index in [9.17, 15) is 0 Å². The number of para-hydroxylation sites is 1. The number of ether oxygens (including phenoxy) is 1. The fourth-order valence-corrected chi connectivity index (χ4v) is 1.56. The molecule has 0 aliphatic heterocycles. The smallest absolute Gasteiger partial charge is 0.127 e. The van der Waals surface area contributed by atoms with E-state index in [0.717, 1.165) is 17.7 Å². The van der Waals surface area contributed by atoms with Crippen LogP contribution in [-0.4, -0.2) is 12.6 Å². The molecule has 2 N–H and O–H groups in total. The third-order valence-electron chi connectivity index (χ3n) is 2.29. The molecule has 0 aliphatic rings. The summed E-state index contributed by atoms with van der Waals surface area (Å²) in [4.78, 5) is 0. The Morgan fingerprint density at radius 1 is 1.38 bits per heavy atom. The second kappa shape index (κ2) is 6.33. The van der Waals surface area contributed by atoms with Crippen LogP contribution in [-0.2, 0) is 0 Å². The van der Waals surface area contributed by atoms with E-state index in [0.29, 0.717) is 6.54 Å². The molecule has 0 fully saturated rings. The zero-order valence-electron chi connectivity index (χ0n) is 10.4. The van der Waals surface area contributed by atoms with E-state index >= 15 is 0 Å². The van der Waals surface area contributed by atoms with Gasteiger partial charge in [-0.25, -0.2) is 0 Å². The molecular weight excluding hydrogens is 198 g/mol. The highest BCUT2D eigenvalue weighted by Gasteiger charge is 2.05.